The zero-order valence-corrected chi connectivity index (χ0v) is 11.4. The van der Waals surface area contributed by atoms with Gasteiger partial charge >= 0.3 is 0 Å². The smallest absolute Gasteiger partial charge is 0.00747 e. The molecule has 0 bridgehead atoms. The van der Waals surface area contributed by atoms with Crippen LogP contribution in [0.15, 0.2) is 12.2 Å². The third-order valence-electron chi connectivity index (χ3n) is 3.10. The Labute approximate surface area is 102 Å². The summed E-state index contributed by atoms with van der Waals surface area (Å²) >= 11 is 0. The first-order valence-corrected chi connectivity index (χ1v) is 7.16. The van der Waals surface area contributed by atoms with Gasteiger partial charge in [-0.3, -0.25) is 0 Å². The molecule has 0 rings (SSSR count). The van der Waals surface area contributed by atoms with Crippen molar-refractivity contribution in [3.63, 3.8) is 0 Å². The summed E-state index contributed by atoms with van der Waals surface area (Å²) in [5.74, 6) is 0.828. The molecule has 0 aromatic carbocycles. The average molecular weight is 225 g/mol. The standard InChI is InChI=1S/C15H31N/c1-3-4-5-6-7-8-9-10-11-12-15(2)13-14-16/h5-6,15H,3-4,7-14,16H2,1-2H3/b6-5-/t15-/m0/s1. The summed E-state index contributed by atoms with van der Waals surface area (Å²) in [4.78, 5) is 0. The Hall–Kier alpha value is -0.300. The molecule has 0 aromatic rings. The van der Waals surface area contributed by atoms with Crippen LogP contribution >= 0.6 is 0 Å². The topological polar surface area (TPSA) is 26.0 Å². The van der Waals surface area contributed by atoms with Crippen LogP contribution in [0.3, 0.4) is 0 Å². The van der Waals surface area contributed by atoms with Crippen molar-refractivity contribution in [2.75, 3.05) is 6.54 Å². The van der Waals surface area contributed by atoms with E-state index >= 15 is 0 Å². The second kappa shape index (κ2) is 12.8. The zero-order valence-electron chi connectivity index (χ0n) is 11.4. The van der Waals surface area contributed by atoms with Crippen LogP contribution in [0, 0.1) is 5.92 Å². The normalized spacial score (nSPS) is 13.4. The van der Waals surface area contributed by atoms with Gasteiger partial charge in [0.2, 0.25) is 0 Å². The molecule has 2 N–H and O–H groups in total. The minimum absolute atomic E-state index is 0.828. The highest BCUT2D eigenvalue weighted by molar-refractivity contribution is 4.80. The molecule has 0 heterocycles. The van der Waals surface area contributed by atoms with Gasteiger partial charge in [-0.1, -0.05) is 58.1 Å². The summed E-state index contributed by atoms with van der Waals surface area (Å²) in [5, 5.41) is 0. The zero-order chi connectivity index (χ0) is 12.1. The first-order chi connectivity index (χ1) is 7.81. The van der Waals surface area contributed by atoms with Crippen molar-refractivity contribution >= 4 is 0 Å². The number of nitrogens with two attached hydrogens (primary N) is 1. The fourth-order valence-electron chi connectivity index (χ4n) is 1.94. The van der Waals surface area contributed by atoms with Crippen LogP contribution in [0.2, 0.25) is 0 Å². The lowest BCUT2D eigenvalue weighted by atomic mass is 9.99. The number of hydrogen-bond acceptors (Lipinski definition) is 1. The van der Waals surface area contributed by atoms with Crippen molar-refractivity contribution in [2.45, 2.75) is 71.6 Å². The third-order valence-corrected chi connectivity index (χ3v) is 3.10. The predicted octanol–water partition coefficient (Wildman–Crippen LogP) is 4.67. The van der Waals surface area contributed by atoms with Crippen LogP contribution in [0.5, 0.6) is 0 Å². The Balaban J connectivity index is 3.09. The molecule has 0 aliphatic heterocycles. The summed E-state index contributed by atoms with van der Waals surface area (Å²) in [6.45, 7) is 5.40. The van der Waals surface area contributed by atoms with E-state index in [1.165, 1.54) is 57.8 Å². The molecule has 0 aliphatic carbocycles. The monoisotopic (exact) mass is 225 g/mol. The number of rotatable bonds is 11. The molecule has 0 aromatic heterocycles. The Morgan fingerprint density at radius 2 is 1.62 bits per heavy atom. The second-order valence-electron chi connectivity index (χ2n) is 4.93. The molecular formula is C15H31N. The third kappa shape index (κ3) is 11.8. The number of hydrogen-bond donors (Lipinski definition) is 1. The van der Waals surface area contributed by atoms with E-state index in [9.17, 15) is 0 Å². The maximum Gasteiger partial charge on any atom is -0.00747 e. The molecular weight excluding hydrogens is 194 g/mol. The van der Waals surface area contributed by atoms with E-state index in [4.69, 9.17) is 5.73 Å². The molecule has 0 aliphatic rings. The fraction of sp³-hybridized carbons (Fsp3) is 0.867. The molecule has 0 saturated heterocycles. The molecule has 1 heteroatoms. The molecule has 1 atom stereocenters. The van der Waals surface area contributed by atoms with Crippen LogP contribution < -0.4 is 5.73 Å². The van der Waals surface area contributed by atoms with E-state index in [0.29, 0.717) is 0 Å². The average Bonchev–Trinajstić information content (AvgIpc) is 2.27. The molecule has 96 valence electrons. The van der Waals surface area contributed by atoms with Crippen LogP contribution in [0.1, 0.15) is 71.6 Å². The van der Waals surface area contributed by atoms with Crippen LogP contribution in [-0.2, 0) is 0 Å². The quantitative estimate of drug-likeness (QED) is 0.401. The van der Waals surface area contributed by atoms with Gasteiger partial charge in [0, 0.05) is 0 Å². The van der Waals surface area contributed by atoms with E-state index in [1.54, 1.807) is 0 Å². The van der Waals surface area contributed by atoms with Gasteiger partial charge in [0.15, 0.2) is 0 Å². The van der Waals surface area contributed by atoms with Gasteiger partial charge in [0.25, 0.3) is 0 Å². The number of allylic oxidation sites excluding steroid dienone is 2. The van der Waals surface area contributed by atoms with Gasteiger partial charge in [-0.25, -0.2) is 0 Å². The van der Waals surface area contributed by atoms with Gasteiger partial charge in [-0.05, 0) is 38.1 Å². The molecule has 0 unspecified atom stereocenters. The van der Waals surface area contributed by atoms with E-state index in [1.807, 2.05) is 0 Å². The van der Waals surface area contributed by atoms with E-state index in [-0.39, 0.29) is 0 Å². The molecule has 0 spiro atoms. The Morgan fingerprint density at radius 3 is 2.31 bits per heavy atom. The van der Waals surface area contributed by atoms with E-state index in [2.05, 4.69) is 26.0 Å². The van der Waals surface area contributed by atoms with Gasteiger partial charge < -0.3 is 5.73 Å². The maximum absolute atomic E-state index is 5.53. The maximum atomic E-state index is 5.53. The van der Waals surface area contributed by atoms with Gasteiger partial charge in [-0.2, -0.15) is 0 Å². The summed E-state index contributed by atoms with van der Waals surface area (Å²) in [6.07, 6.45) is 16.6. The van der Waals surface area contributed by atoms with Crippen molar-refractivity contribution in [1.82, 2.24) is 0 Å². The minimum atomic E-state index is 0.828. The van der Waals surface area contributed by atoms with Gasteiger partial charge in [0.1, 0.15) is 0 Å². The highest BCUT2D eigenvalue weighted by Gasteiger charge is 1.99. The molecule has 0 radical (unpaired) electrons. The van der Waals surface area contributed by atoms with Crippen LogP contribution in [0.25, 0.3) is 0 Å². The first-order valence-electron chi connectivity index (χ1n) is 7.16. The second-order valence-corrected chi connectivity index (χ2v) is 4.93. The van der Waals surface area contributed by atoms with Crippen molar-refractivity contribution in [2.24, 2.45) is 11.7 Å². The van der Waals surface area contributed by atoms with Gasteiger partial charge in [-0.15, -0.1) is 0 Å². The van der Waals surface area contributed by atoms with E-state index in [0.717, 1.165) is 12.5 Å². The Morgan fingerprint density at radius 1 is 0.938 bits per heavy atom. The molecule has 16 heavy (non-hydrogen) atoms. The van der Waals surface area contributed by atoms with Crippen LogP contribution in [0.4, 0.5) is 0 Å². The van der Waals surface area contributed by atoms with Crippen molar-refractivity contribution < 1.29 is 0 Å². The molecule has 0 saturated carbocycles. The lowest BCUT2D eigenvalue weighted by Gasteiger charge is -2.08. The first kappa shape index (κ1) is 15.7. The number of unbranched alkanes of at least 4 members (excludes halogenated alkanes) is 5. The summed E-state index contributed by atoms with van der Waals surface area (Å²) < 4.78 is 0. The molecule has 0 fully saturated rings. The van der Waals surface area contributed by atoms with E-state index < -0.39 is 0 Å². The lowest BCUT2D eigenvalue weighted by molar-refractivity contribution is 0.464. The van der Waals surface area contributed by atoms with Crippen molar-refractivity contribution in [3.05, 3.63) is 12.2 Å². The predicted molar refractivity (Wildman–Crippen MR) is 74.6 cm³/mol. The van der Waals surface area contributed by atoms with Crippen molar-refractivity contribution in [1.29, 1.82) is 0 Å². The summed E-state index contributed by atoms with van der Waals surface area (Å²) in [5.41, 5.74) is 5.53. The Bertz CT molecular complexity index is 152. The largest absolute Gasteiger partial charge is 0.330 e. The SMILES string of the molecule is CCC/C=C\CCCCCC[C@H](C)CCN. The highest BCUT2D eigenvalue weighted by Crippen LogP contribution is 2.13. The van der Waals surface area contributed by atoms with Crippen LogP contribution in [-0.4, -0.2) is 6.54 Å². The van der Waals surface area contributed by atoms with Gasteiger partial charge in [0.05, 0.1) is 0 Å². The van der Waals surface area contributed by atoms with Crippen molar-refractivity contribution in [3.8, 4) is 0 Å². The molecule has 1 nitrogen and oxygen atoms in total. The minimum Gasteiger partial charge on any atom is -0.330 e. The fourth-order valence-corrected chi connectivity index (χ4v) is 1.94. The summed E-state index contributed by atoms with van der Waals surface area (Å²) in [6, 6.07) is 0. The lowest BCUT2D eigenvalue weighted by Crippen LogP contribution is -2.05. The summed E-state index contributed by atoms with van der Waals surface area (Å²) in [7, 11) is 0. The Kier molecular flexibility index (Phi) is 12.5. The highest BCUT2D eigenvalue weighted by atomic mass is 14.5. The molecule has 0 amide bonds.